The molecule has 0 heterocycles. The molecule has 0 bridgehead atoms. The van der Waals surface area contributed by atoms with Gasteiger partial charge in [-0.2, -0.15) is 5.10 Å². The number of carbonyl (C=O) groups is 1. The van der Waals surface area contributed by atoms with Gasteiger partial charge in [-0.25, -0.2) is 4.79 Å². The zero-order chi connectivity index (χ0) is 22.2. The van der Waals surface area contributed by atoms with Gasteiger partial charge in [0, 0.05) is 0 Å². The van der Waals surface area contributed by atoms with Gasteiger partial charge in [0.15, 0.2) is 11.5 Å². The van der Waals surface area contributed by atoms with Crippen LogP contribution < -0.4 is 14.9 Å². The number of carboxylic acids is 1. The van der Waals surface area contributed by atoms with Gasteiger partial charge in [0.2, 0.25) is 0 Å². The number of nitrogens with one attached hydrogen (secondary N) is 1. The number of hydrogen-bond donors (Lipinski definition) is 2. The van der Waals surface area contributed by atoms with E-state index in [1.807, 2.05) is 25.1 Å². The molecule has 0 radical (unpaired) electrons. The van der Waals surface area contributed by atoms with E-state index < -0.39 is 5.97 Å². The van der Waals surface area contributed by atoms with Crippen molar-refractivity contribution in [1.29, 1.82) is 0 Å². The second-order valence-corrected chi connectivity index (χ2v) is 7.11. The van der Waals surface area contributed by atoms with Gasteiger partial charge in [0.25, 0.3) is 0 Å². The Kier molecular flexibility index (Phi) is 7.27. The van der Waals surface area contributed by atoms with Gasteiger partial charge >= 0.3 is 5.97 Å². The van der Waals surface area contributed by atoms with Crippen molar-refractivity contribution in [3.8, 4) is 11.5 Å². The molecular weight excluding hydrogens is 392 g/mol. The third kappa shape index (κ3) is 6.09. The van der Waals surface area contributed by atoms with Gasteiger partial charge in [-0.3, -0.25) is 5.43 Å². The Hall–Kier alpha value is -3.80. The average molecular weight is 418 g/mol. The number of benzene rings is 3. The van der Waals surface area contributed by atoms with E-state index in [0.29, 0.717) is 30.4 Å². The van der Waals surface area contributed by atoms with Crippen LogP contribution in [0.2, 0.25) is 0 Å². The molecule has 2 N–H and O–H groups in total. The van der Waals surface area contributed by atoms with Gasteiger partial charge in [-0.15, -0.1) is 0 Å². The molecule has 0 fully saturated rings. The highest BCUT2D eigenvalue weighted by Gasteiger charge is 2.08. The van der Waals surface area contributed by atoms with Crippen LogP contribution in [0.3, 0.4) is 0 Å². The standard InChI is InChI=1S/C25H26N2O4/c1-4-30-24-14-19(15-26-27-22-10-8-20(9-11-22)25(28)29)7-12-23(24)31-16-21-13-17(2)5-6-18(21)3/h5-15,27H,4,16H2,1-3H3,(H,28,29). The number of carboxylic acid groups (broad SMARTS) is 1. The summed E-state index contributed by atoms with van der Waals surface area (Å²) in [5.41, 5.74) is 8.19. The van der Waals surface area contributed by atoms with Crippen LogP contribution in [0.1, 0.15) is 39.5 Å². The lowest BCUT2D eigenvalue weighted by Gasteiger charge is -2.14. The van der Waals surface area contributed by atoms with E-state index in [9.17, 15) is 4.79 Å². The smallest absolute Gasteiger partial charge is 0.335 e. The molecule has 0 unspecified atom stereocenters. The van der Waals surface area contributed by atoms with Gasteiger partial charge < -0.3 is 14.6 Å². The third-order valence-corrected chi connectivity index (χ3v) is 4.69. The zero-order valence-corrected chi connectivity index (χ0v) is 17.9. The molecule has 0 atom stereocenters. The first-order chi connectivity index (χ1) is 15.0. The van der Waals surface area contributed by atoms with Gasteiger partial charge in [0.05, 0.1) is 24.1 Å². The van der Waals surface area contributed by atoms with Crippen molar-refractivity contribution in [3.05, 3.63) is 88.5 Å². The molecule has 160 valence electrons. The Morgan fingerprint density at radius 1 is 1.00 bits per heavy atom. The topological polar surface area (TPSA) is 80.2 Å². The van der Waals surface area contributed by atoms with Crippen molar-refractivity contribution in [2.24, 2.45) is 5.10 Å². The average Bonchev–Trinajstić information content (AvgIpc) is 2.76. The van der Waals surface area contributed by atoms with Crippen LogP contribution in [0, 0.1) is 13.8 Å². The number of rotatable bonds is 9. The Morgan fingerprint density at radius 2 is 1.77 bits per heavy atom. The molecule has 3 aromatic rings. The number of nitrogens with zero attached hydrogens (tertiary/aromatic N) is 1. The highest BCUT2D eigenvalue weighted by Crippen LogP contribution is 2.29. The number of hydrogen-bond acceptors (Lipinski definition) is 5. The first-order valence-corrected chi connectivity index (χ1v) is 10.0. The molecule has 0 spiro atoms. The summed E-state index contributed by atoms with van der Waals surface area (Å²) < 4.78 is 11.8. The minimum atomic E-state index is -0.960. The fraction of sp³-hybridized carbons (Fsp3) is 0.200. The molecule has 0 aliphatic carbocycles. The normalized spacial score (nSPS) is 10.8. The van der Waals surface area contributed by atoms with Gasteiger partial charge in [-0.1, -0.05) is 23.8 Å². The molecule has 0 aromatic heterocycles. The Labute approximate surface area is 182 Å². The van der Waals surface area contributed by atoms with Crippen molar-refractivity contribution in [1.82, 2.24) is 0 Å². The van der Waals surface area contributed by atoms with E-state index in [2.05, 4.69) is 42.6 Å². The summed E-state index contributed by atoms with van der Waals surface area (Å²) in [5, 5.41) is 13.2. The van der Waals surface area contributed by atoms with Crippen molar-refractivity contribution >= 4 is 17.9 Å². The van der Waals surface area contributed by atoms with Crippen LogP contribution in [0.15, 0.2) is 65.8 Å². The lowest BCUT2D eigenvalue weighted by molar-refractivity contribution is 0.0697. The Balaban J connectivity index is 1.68. The number of aromatic carboxylic acids is 1. The van der Waals surface area contributed by atoms with E-state index in [1.54, 1.807) is 18.3 Å². The lowest BCUT2D eigenvalue weighted by Crippen LogP contribution is -2.02. The quantitative estimate of drug-likeness (QED) is 0.358. The van der Waals surface area contributed by atoms with Crippen LogP contribution in [-0.2, 0) is 6.61 Å². The minimum Gasteiger partial charge on any atom is -0.490 e. The van der Waals surface area contributed by atoms with E-state index in [1.165, 1.54) is 23.3 Å². The second-order valence-electron chi connectivity index (χ2n) is 7.11. The molecular formula is C25H26N2O4. The molecule has 6 nitrogen and oxygen atoms in total. The Bertz CT molecular complexity index is 1080. The number of anilines is 1. The van der Waals surface area contributed by atoms with E-state index in [-0.39, 0.29) is 5.56 Å². The molecule has 0 saturated carbocycles. The molecule has 0 amide bonds. The predicted molar refractivity (Wildman–Crippen MR) is 122 cm³/mol. The highest BCUT2D eigenvalue weighted by atomic mass is 16.5. The van der Waals surface area contributed by atoms with Crippen LogP contribution in [-0.4, -0.2) is 23.9 Å². The molecule has 0 saturated heterocycles. The van der Waals surface area contributed by atoms with Crippen LogP contribution in [0.25, 0.3) is 0 Å². The molecule has 31 heavy (non-hydrogen) atoms. The fourth-order valence-corrected chi connectivity index (χ4v) is 2.97. The maximum absolute atomic E-state index is 10.9. The van der Waals surface area contributed by atoms with Gasteiger partial charge in [-0.05, 0) is 79.9 Å². The molecule has 0 aliphatic rings. The summed E-state index contributed by atoms with van der Waals surface area (Å²) in [5.74, 6) is 0.373. The fourth-order valence-electron chi connectivity index (χ4n) is 2.97. The van der Waals surface area contributed by atoms with E-state index in [4.69, 9.17) is 14.6 Å². The maximum atomic E-state index is 10.9. The number of ether oxygens (including phenoxy) is 2. The van der Waals surface area contributed by atoms with E-state index >= 15 is 0 Å². The number of hydrazone groups is 1. The van der Waals surface area contributed by atoms with E-state index in [0.717, 1.165) is 11.1 Å². The minimum absolute atomic E-state index is 0.229. The first-order valence-electron chi connectivity index (χ1n) is 10.0. The molecule has 3 aromatic carbocycles. The Morgan fingerprint density at radius 3 is 2.48 bits per heavy atom. The summed E-state index contributed by atoms with van der Waals surface area (Å²) >= 11 is 0. The maximum Gasteiger partial charge on any atom is 0.335 e. The molecule has 0 aliphatic heterocycles. The SMILES string of the molecule is CCOc1cc(C=NNc2ccc(C(=O)O)cc2)ccc1OCc1cc(C)ccc1C. The van der Waals surface area contributed by atoms with Crippen molar-refractivity contribution < 1.29 is 19.4 Å². The predicted octanol–water partition coefficient (Wildman–Crippen LogP) is 5.43. The summed E-state index contributed by atoms with van der Waals surface area (Å²) in [6, 6.07) is 18.3. The molecule has 6 heteroatoms. The van der Waals surface area contributed by atoms with Crippen LogP contribution in [0.4, 0.5) is 5.69 Å². The largest absolute Gasteiger partial charge is 0.490 e. The van der Waals surface area contributed by atoms with Crippen molar-refractivity contribution in [2.75, 3.05) is 12.0 Å². The van der Waals surface area contributed by atoms with Crippen molar-refractivity contribution in [2.45, 2.75) is 27.4 Å². The summed E-state index contributed by atoms with van der Waals surface area (Å²) in [6.07, 6.45) is 1.67. The monoisotopic (exact) mass is 418 g/mol. The van der Waals surface area contributed by atoms with Crippen LogP contribution >= 0.6 is 0 Å². The highest BCUT2D eigenvalue weighted by molar-refractivity contribution is 5.88. The summed E-state index contributed by atoms with van der Waals surface area (Å²) in [4.78, 5) is 10.9. The lowest BCUT2D eigenvalue weighted by atomic mass is 10.1. The third-order valence-electron chi connectivity index (χ3n) is 4.69. The van der Waals surface area contributed by atoms with Crippen molar-refractivity contribution in [3.63, 3.8) is 0 Å². The van der Waals surface area contributed by atoms with Gasteiger partial charge in [0.1, 0.15) is 6.61 Å². The second kappa shape index (κ2) is 10.3. The summed E-state index contributed by atoms with van der Waals surface area (Å²) in [6.45, 7) is 7.06. The summed E-state index contributed by atoms with van der Waals surface area (Å²) in [7, 11) is 0. The number of aryl methyl sites for hydroxylation is 2. The molecule has 3 rings (SSSR count). The first kappa shape index (κ1) is 21.9. The zero-order valence-electron chi connectivity index (χ0n) is 17.9. The van der Waals surface area contributed by atoms with Crippen LogP contribution in [0.5, 0.6) is 11.5 Å².